The summed E-state index contributed by atoms with van der Waals surface area (Å²) in [5.74, 6) is -1.88. The Bertz CT molecular complexity index is 509. The van der Waals surface area contributed by atoms with E-state index in [9.17, 15) is 30.0 Å². The van der Waals surface area contributed by atoms with Gasteiger partial charge in [-0.05, 0) is 20.8 Å². The Hall–Kier alpha value is -1.30. The van der Waals surface area contributed by atoms with Crippen molar-refractivity contribution in [1.82, 2.24) is 10.6 Å². The molecule has 7 N–H and O–H groups in total. The Morgan fingerprint density at radius 1 is 1.31 bits per heavy atom. The first-order valence-electron chi connectivity index (χ1n) is 8.41. The molecule has 1 saturated heterocycles. The second-order valence-corrected chi connectivity index (χ2v) is 7.72. The number of carbonyl (C=O) groups is 2. The Balaban J connectivity index is 3.20. The number of hydrogen-bond acceptors (Lipinski definition) is 8. The van der Waals surface area contributed by atoms with Crippen molar-refractivity contribution in [2.24, 2.45) is 0 Å². The van der Waals surface area contributed by atoms with Crippen molar-refractivity contribution in [3.8, 4) is 0 Å². The quantitative estimate of drug-likeness (QED) is 0.254. The van der Waals surface area contributed by atoms with Gasteiger partial charge in [-0.15, -0.1) is 0 Å². The third-order valence-electron chi connectivity index (χ3n) is 4.25. The fourth-order valence-corrected chi connectivity index (χ4v) is 2.82. The normalized spacial score (nSPS) is 31.9. The average molecular weight is 378 g/mol. The van der Waals surface area contributed by atoms with E-state index in [0.717, 1.165) is 0 Å². The fraction of sp³-hybridized carbons (Fsp3) is 0.875. The van der Waals surface area contributed by atoms with Crippen molar-refractivity contribution in [3.05, 3.63) is 0 Å². The number of carboxylic acid groups (broad SMARTS) is 1. The summed E-state index contributed by atoms with van der Waals surface area (Å²) in [6, 6.07) is -1.15. The smallest absolute Gasteiger partial charge is 0.337 e. The van der Waals surface area contributed by atoms with Crippen LogP contribution in [-0.4, -0.2) is 92.2 Å². The molecule has 6 atom stereocenters. The minimum Gasteiger partial charge on any atom is -0.479 e. The predicted octanol–water partition coefficient (Wildman–Crippen LogP) is -2.43. The maximum absolute atomic E-state index is 11.9. The summed E-state index contributed by atoms with van der Waals surface area (Å²) < 4.78 is 5.64. The van der Waals surface area contributed by atoms with Crippen molar-refractivity contribution < 1.29 is 39.9 Å². The summed E-state index contributed by atoms with van der Waals surface area (Å²) in [5, 5.41) is 54.7. The number of aliphatic carboxylic acids is 1. The van der Waals surface area contributed by atoms with Crippen molar-refractivity contribution in [3.63, 3.8) is 0 Å². The van der Waals surface area contributed by atoms with E-state index in [1.165, 1.54) is 6.92 Å². The zero-order chi connectivity index (χ0) is 20.3. The molecule has 0 spiro atoms. The zero-order valence-corrected chi connectivity index (χ0v) is 15.5. The van der Waals surface area contributed by atoms with E-state index in [4.69, 9.17) is 9.84 Å². The summed E-state index contributed by atoms with van der Waals surface area (Å²) in [7, 11) is 0. The highest BCUT2D eigenvalue weighted by Crippen LogP contribution is 2.32. The van der Waals surface area contributed by atoms with Gasteiger partial charge in [-0.3, -0.25) is 4.79 Å². The highest BCUT2D eigenvalue weighted by molar-refractivity contribution is 5.78. The molecule has 1 aliphatic rings. The topological polar surface area (TPSA) is 169 Å². The minimum absolute atomic E-state index is 0.172. The van der Waals surface area contributed by atoms with Crippen LogP contribution in [0.15, 0.2) is 0 Å². The maximum Gasteiger partial charge on any atom is 0.337 e. The molecule has 1 heterocycles. The van der Waals surface area contributed by atoms with E-state index in [1.807, 2.05) is 20.8 Å². The lowest BCUT2D eigenvalue weighted by Crippen LogP contribution is -2.69. The molecule has 26 heavy (non-hydrogen) atoms. The van der Waals surface area contributed by atoms with Gasteiger partial charge in [-0.1, -0.05) is 0 Å². The SMILES string of the molecule is CC(=O)N[C@H]1[C@H]([C@H](O)[C@H](O)CO)O[C@@](CNC(C)(C)C)(C(=O)O)C[C@@H]1O. The molecule has 0 aliphatic carbocycles. The summed E-state index contributed by atoms with van der Waals surface area (Å²) >= 11 is 0. The number of rotatable bonds is 7. The molecule has 10 nitrogen and oxygen atoms in total. The number of hydrogen-bond donors (Lipinski definition) is 7. The molecule has 0 bridgehead atoms. The van der Waals surface area contributed by atoms with Gasteiger partial charge in [0, 0.05) is 25.4 Å². The van der Waals surface area contributed by atoms with Crippen molar-refractivity contribution in [1.29, 1.82) is 0 Å². The van der Waals surface area contributed by atoms with Gasteiger partial charge in [-0.25, -0.2) is 4.79 Å². The van der Waals surface area contributed by atoms with Crippen molar-refractivity contribution in [2.45, 2.75) is 75.7 Å². The fourth-order valence-electron chi connectivity index (χ4n) is 2.82. The lowest BCUT2D eigenvalue weighted by Gasteiger charge is -2.47. The minimum atomic E-state index is -1.89. The number of amides is 1. The number of nitrogens with one attached hydrogen (secondary N) is 2. The lowest BCUT2D eigenvalue weighted by atomic mass is 9.83. The number of carboxylic acids is 1. The van der Waals surface area contributed by atoms with Gasteiger partial charge in [0.2, 0.25) is 5.91 Å². The second-order valence-electron chi connectivity index (χ2n) is 7.72. The van der Waals surface area contributed by atoms with Crippen LogP contribution in [0.3, 0.4) is 0 Å². The van der Waals surface area contributed by atoms with E-state index in [1.54, 1.807) is 0 Å². The molecule has 0 unspecified atom stereocenters. The molecule has 0 aromatic rings. The predicted molar refractivity (Wildman–Crippen MR) is 90.3 cm³/mol. The molecule has 1 rings (SSSR count). The molecule has 0 saturated carbocycles. The molecule has 0 aromatic carbocycles. The molecule has 1 fully saturated rings. The first kappa shape index (κ1) is 22.7. The number of carbonyl (C=O) groups excluding carboxylic acids is 1. The Morgan fingerprint density at radius 3 is 2.31 bits per heavy atom. The molecule has 10 heteroatoms. The summed E-state index contributed by atoms with van der Waals surface area (Å²) in [6.45, 7) is 5.69. The van der Waals surface area contributed by atoms with E-state index in [-0.39, 0.29) is 13.0 Å². The van der Waals surface area contributed by atoms with Crippen LogP contribution < -0.4 is 10.6 Å². The Labute approximate surface area is 152 Å². The first-order valence-corrected chi connectivity index (χ1v) is 8.41. The van der Waals surface area contributed by atoms with Gasteiger partial charge in [0.15, 0.2) is 5.60 Å². The number of aliphatic hydroxyl groups excluding tert-OH is 4. The van der Waals surface area contributed by atoms with E-state index >= 15 is 0 Å². The lowest BCUT2D eigenvalue weighted by molar-refractivity contribution is -0.228. The third-order valence-corrected chi connectivity index (χ3v) is 4.25. The zero-order valence-electron chi connectivity index (χ0n) is 15.5. The molecule has 0 radical (unpaired) electrons. The van der Waals surface area contributed by atoms with Gasteiger partial charge < -0.3 is 40.9 Å². The monoisotopic (exact) mass is 378 g/mol. The maximum atomic E-state index is 11.9. The van der Waals surface area contributed by atoms with Crippen molar-refractivity contribution in [2.75, 3.05) is 13.2 Å². The summed E-state index contributed by atoms with van der Waals surface area (Å²) in [4.78, 5) is 23.3. The molecule has 152 valence electrons. The first-order chi connectivity index (χ1) is 11.8. The number of ether oxygens (including phenoxy) is 1. The van der Waals surface area contributed by atoms with E-state index < -0.39 is 60.1 Å². The van der Waals surface area contributed by atoms with Gasteiger partial charge in [0.25, 0.3) is 0 Å². The molecule has 1 amide bonds. The molecular weight excluding hydrogens is 348 g/mol. The van der Waals surface area contributed by atoms with Crippen LogP contribution in [0.1, 0.15) is 34.1 Å². The van der Waals surface area contributed by atoms with Crippen LogP contribution in [0.25, 0.3) is 0 Å². The highest BCUT2D eigenvalue weighted by Gasteiger charge is 2.54. The summed E-state index contributed by atoms with van der Waals surface area (Å²) in [6.07, 6.45) is -6.49. The van der Waals surface area contributed by atoms with E-state index in [0.29, 0.717) is 0 Å². The van der Waals surface area contributed by atoms with Crippen molar-refractivity contribution >= 4 is 11.9 Å². The van der Waals surface area contributed by atoms with Gasteiger partial charge >= 0.3 is 5.97 Å². The van der Waals surface area contributed by atoms with E-state index in [2.05, 4.69) is 10.6 Å². The number of aliphatic hydroxyl groups is 4. The standard InChI is InChI=1S/C16H30N2O8/c1-8(20)18-11-9(21)5-16(14(24)25,7-17-15(2,3)4)26-13(11)12(23)10(22)6-19/h9-13,17,19,21-23H,5-7H2,1-4H3,(H,18,20)(H,24,25)/t9-,10+,11+,12+,13+,16-/m0/s1. The third kappa shape index (κ3) is 5.60. The average Bonchev–Trinajstić information content (AvgIpc) is 2.52. The summed E-state index contributed by atoms with van der Waals surface area (Å²) in [5.41, 5.74) is -2.33. The van der Waals surface area contributed by atoms with Crippen LogP contribution in [0.5, 0.6) is 0 Å². The molecular formula is C16H30N2O8. The van der Waals surface area contributed by atoms with Crippen LogP contribution in [0, 0.1) is 0 Å². The molecule has 1 aliphatic heterocycles. The van der Waals surface area contributed by atoms with Gasteiger partial charge in [-0.2, -0.15) is 0 Å². The largest absolute Gasteiger partial charge is 0.479 e. The molecule has 0 aromatic heterocycles. The second kappa shape index (κ2) is 8.59. The van der Waals surface area contributed by atoms with Gasteiger partial charge in [0.1, 0.15) is 18.3 Å². The van der Waals surface area contributed by atoms with Crippen LogP contribution >= 0.6 is 0 Å². The Morgan fingerprint density at radius 2 is 1.88 bits per heavy atom. The van der Waals surface area contributed by atoms with Crippen LogP contribution in [0.2, 0.25) is 0 Å². The highest BCUT2D eigenvalue weighted by atomic mass is 16.6. The van der Waals surface area contributed by atoms with Crippen LogP contribution in [0.4, 0.5) is 0 Å². The van der Waals surface area contributed by atoms with Crippen LogP contribution in [-0.2, 0) is 14.3 Å². The Kier molecular flexibility index (Phi) is 7.52. The van der Waals surface area contributed by atoms with Gasteiger partial charge in [0.05, 0.1) is 18.8 Å².